The zero-order chi connectivity index (χ0) is 18.5. The van der Waals surface area contributed by atoms with E-state index in [1.54, 1.807) is 0 Å². The summed E-state index contributed by atoms with van der Waals surface area (Å²) >= 11 is 0. The third kappa shape index (κ3) is 2.50. The Bertz CT molecular complexity index is 883. The molecule has 0 radical (unpaired) electrons. The van der Waals surface area contributed by atoms with Gasteiger partial charge in [-0.25, -0.2) is 4.79 Å². The van der Waals surface area contributed by atoms with Crippen molar-refractivity contribution in [2.24, 2.45) is 0 Å². The highest BCUT2D eigenvalue weighted by molar-refractivity contribution is 6.07. The summed E-state index contributed by atoms with van der Waals surface area (Å²) in [6.45, 7) is 5.91. The average Bonchev–Trinajstić information content (AvgIpc) is 3.16. The molecule has 26 heavy (non-hydrogen) atoms. The van der Waals surface area contributed by atoms with E-state index in [2.05, 4.69) is 15.5 Å². The van der Waals surface area contributed by atoms with Crippen LogP contribution in [0.3, 0.4) is 0 Å². The van der Waals surface area contributed by atoms with Gasteiger partial charge in [-0.05, 0) is 30.4 Å². The summed E-state index contributed by atoms with van der Waals surface area (Å²) in [5.74, 6) is 0.571. The molecule has 2 heterocycles. The SMILES string of the molecule is CC(C)(C)c1noc(CN2C(=O)N[C@@]3(CCCc4ccccc43)C2=O)n1. The van der Waals surface area contributed by atoms with E-state index in [0.29, 0.717) is 12.2 Å². The largest absolute Gasteiger partial charge is 0.337 e. The molecule has 1 spiro atoms. The van der Waals surface area contributed by atoms with Crippen LogP contribution >= 0.6 is 0 Å². The van der Waals surface area contributed by atoms with Crippen LogP contribution in [0, 0.1) is 0 Å². The number of carbonyl (C=O) groups is 2. The minimum Gasteiger partial charge on any atom is -0.337 e. The molecular formula is C19H22N4O3. The smallest absolute Gasteiger partial charge is 0.325 e. The summed E-state index contributed by atoms with van der Waals surface area (Å²) < 4.78 is 5.26. The van der Waals surface area contributed by atoms with Gasteiger partial charge in [0.1, 0.15) is 12.1 Å². The third-order valence-corrected chi connectivity index (χ3v) is 5.08. The summed E-state index contributed by atoms with van der Waals surface area (Å²) in [5.41, 5.74) is 0.775. The number of urea groups is 1. The molecule has 3 amide bonds. The minimum atomic E-state index is -0.973. The van der Waals surface area contributed by atoms with Gasteiger partial charge in [0.15, 0.2) is 5.82 Å². The fourth-order valence-electron chi connectivity index (χ4n) is 3.71. The Kier molecular flexibility index (Phi) is 3.64. The van der Waals surface area contributed by atoms with Gasteiger partial charge in [0.2, 0.25) is 5.89 Å². The quantitative estimate of drug-likeness (QED) is 0.838. The molecule has 1 atom stereocenters. The molecule has 1 fully saturated rings. The second-order valence-corrected chi connectivity index (χ2v) is 8.00. The van der Waals surface area contributed by atoms with Crippen molar-refractivity contribution in [1.29, 1.82) is 0 Å². The number of carbonyl (C=O) groups excluding carboxylic acids is 2. The molecule has 1 N–H and O–H groups in total. The molecule has 0 unspecified atom stereocenters. The fraction of sp³-hybridized carbons (Fsp3) is 0.474. The van der Waals surface area contributed by atoms with Crippen molar-refractivity contribution >= 4 is 11.9 Å². The lowest BCUT2D eigenvalue weighted by atomic mass is 9.76. The number of fused-ring (bicyclic) bond motifs is 2. The molecular weight excluding hydrogens is 332 g/mol. The number of imide groups is 1. The molecule has 7 nitrogen and oxygen atoms in total. The van der Waals surface area contributed by atoms with Gasteiger partial charge in [0, 0.05) is 5.41 Å². The monoisotopic (exact) mass is 354 g/mol. The Morgan fingerprint density at radius 1 is 1.27 bits per heavy atom. The first kappa shape index (κ1) is 16.8. The number of hydrogen-bond acceptors (Lipinski definition) is 5. The third-order valence-electron chi connectivity index (χ3n) is 5.08. The van der Waals surface area contributed by atoms with Crippen molar-refractivity contribution in [3.8, 4) is 0 Å². The van der Waals surface area contributed by atoms with Gasteiger partial charge in [-0.1, -0.05) is 50.2 Å². The maximum Gasteiger partial charge on any atom is 0.325 e. The molecule has 1 aromatic carbocycles. The number of aryl methyl sites for hydroxylation is 1. The van der Waals surface area contributed by atoms with Crippen LogP contribution in [-0.4, -0.2) is 27.0 Å². The highest BCUT2D eigenvalue weighted by Gasteiger charge is 2.54. The highest BCUT2D eigenvalue weighted by atomic mass is 16.5. The van der Waals surface area contributed by atoms with Crippen molar-refractivity contribution in [3.63, 3.8) is 0 Å². The number of aromatic nitrogens is 2. The molecule has 1 aliphatic heterocycles. The lowest BCUT2D eigenvalue weighted by molar-refractivity contribution is -0.132. The average molecular weight is 354 g/mol. The Morgan fingerprint density at radius 3 is 2.77 bits per heavy atom. The first-order valence-corrected chi connectivity index (χ1v) is 8.87. The van der Waals surface area contributed by atoms with Gasteiger partial charge in [-0.3, -0.25) is 9.69 Å². The van der Waals surface area contributed by atoms with Gasteiger partial charge in [-0.15, -0.1) is 0 Å². The predicted molar refractivity (Wildman–Crippen MR) is 93.1 cm³/mol. The Labute approximate surface area is 151 Å². The highest BCUT2D eigenvalue weighted by Crippen LogP contribution is 2.40. The van der Waals surface area contributed by atoms with E-state index in [9.17, 15) is 9.59 Å². The second kappa shape index (κ2) is 5.65. The number of benzene rings is 1. The van der Waals surface area contributed by atoms with Crippen LogP contribution < -0.4 is 5.32 Å². The van der Waals surface area contributed by atoms with Crippen molar-refractivity contribution in [2.45, 2.75) is 57.5 Å². The maximum absolute atomic E-state index is 13.2. The Hall–Kier alpha value is -2.70. The molecule has 0 bridgehead atoms. The molecule has 0 saturated carbocycles. The molecule has 1 aliphatic carbocycles. The van der Waals surface area contributed by atoms with Crippen molar-refractivity contribution in [1.82, 2.24) is 20.4 Å². The standard InChI is InChI=1S/C19H22N4O3/c1-18(2,3)15-20-14(26-22-15)11-23-16(24)19(21-17(23)25)10-6-8-12-7-4-5-9-13(12)19/h4-5,7,9H,6,8,10-11H2,1-3H3,(H,21,25)/t19-/m1/s1. The van der Waals surface area contributed by atoms with E-state index in [4.69, 9.17) is 4.52 Å². The number of amides is 3. The molecule has 7 heteroatoms. The minimum absolute atomic E-state index is 0.0162. The topological polar surface area (TPSA) is 88.3 Å². The maximum atomic E-state index is 13.2. The Balaban J connectivity index is 1.64. The summed E-state index contributed by atoms with van der Waals surface area (Å²) in [6.07, 6.45) is 2.37. The zero-order valence-corrected chi connectivity index (χ0v) is 15.2. The summed E-state index contributed by atoms with van der Waals surface area (Å²) in [5, 5.41) is 6.89. The van der Waals surface area contributed by atoms with Crippen LogP contribution in [0.15, 0.2) is 28.8 Å². The van der Waals surface area contributed by atoms with Crippen LogP contribution in [0.4, 0.5) is 4.79 Å². The van der Waals surface area contributed by atoms with Gasteiger partial charge in [-0.2, -0.15) is 4.98 Å². The number of hydrogen-bond donors (Lipinski definition) is 1. The molecule has 4 rings (SSSR count). The lowest BCUT2D eigenvalue weighted by Crippen LogP contribution is -2.46. The number of nitrogens with one attached hydrogen (secondary N) is 1. The van der Waals surface area contributed by atoms with Crippen molar-refractivity contribution in [2.75, 3.05) is 0 Å². The van der Waals surface area contributed by atoms with Gasteiger partial charge in [0.05, 0.1) is 0 Å². The predicted octanol–water partition coefficient (Wildman–Crippen LogP) is 2.65. The Morgan fingerprint density at radius 2 is 2.04 bits per heavy atom. The first-order chi connectivity index (χ1) is 12.3. The van der Waals surface area contributed by atoms with Crippen LogP contribution in [0.25, 0.3) is 0 Å². The second-order valence-electron chi connectivity index (χ2n) is 8.00. The van der Waals surface area contributed by atoms with E-state index in [0.717, 1.165) is 24.0 Å². The summed E-state index contributed by atoms with van der Waals surface area (Å²) in [7, 11) is 0. The zero-order valence-electron chi connectivity index (χ0n) is 15.2. The number of nitrogens with zero attached hydrogens (tertiary/aromatic N) is 3. The van der Waals surface area contributed by atoms with E-state index in [1.807, 2.05) is 45.0 Å². The van der Waals surface area contributed by atoms with E-state index in [-0.39, 0.29) is 23.8 Å². The normalized spacial score (nSPS) is 22.7. The van der Waals surface area contributed by atoms with E-state index < -0.39 is 11.6 Å². The summed E-state index contributed by atoms with van der Waals surface area (Å²) in [4.78, 5) is 31.3. The first-order valence-electron chi connectivity index (χ1n) is 8.87. The molecule has 2 aliphatic rings. The molecule has 136 valence electrons. The van der Waals surface area contributed by atoms with Crippen LogP contribution in [-0.2, 0) is 28.7 Å². The number of rotatable bonds is 2. The van der Waals surface area contributed by atoms with Crippen LogP contribution in [0.1, 0.15) is 56.5 Å². The fourth-order valence-corrected chi connectivity index (χ4v) is 3.71. The van der Waals surface area contributed by atoms with E-state index in [1.165, 1.54) is 4.90 Å². The van der Waals surface area contributed by atoms with Crippen LogP contribution in [0.5, 0.6) is 0 Å². The lowest BCUT2D eigenvalue weighted by Gasteiger charge is -2.33. The summed E-state index contributed by atoms with van der Waals surface area (Å²) in [6, 6.07) is 7.40. The molecule has 2 aromatic rings. The van der Waals surface area contributed by atoms with Gasteiger partial charge < -0.3 is 9.84 Å². The van der Waals surface area contributed by atoms with E-state index >= 15 is 0 Å². The van der Waals surface area contributed by atoms with Gasteiger partial charge >= 0.3 is 6.03 Å². The molecule has 1 aromatic heterocycles. The van der Waals surface area contributed by atoms with Crippen molar-refractivity contribution in [3.05, 3.63) is 47.1 Å². The van der Waals surface area contributed by atoms with Crippen LogP contribution in [0.2, 0.25) is 0 Å². The molecule has 1 saturated heterocycles. The van der Waals surface area contributed by atoms with Gasteiger partial charge in [0.25, 0.3) is 5.91 Å². The van der Waals surface area contributed by atoms with Crippen molar-refractivity contribution < 1.29 is 14.1 Å².